The number of nitrogens with zero attached hydrogens (tertiary/aromatic N) is 4. The van der Waals surface area contributed by atoms with Crippen molar-refractivity contribution in [1.29, 1.82) is 0 Å². The molecule has 0 radical (unpaired) electrons. The molecule has 0 aliphatic carbocycles. The fraction of sp³-hybridized carbons (Fsp3) is 0.300. The number of benzene rings is 1. The van der Waals surface area contributed by atoms with E-state index >= 15 is 0 Å². The van der Waals surface area contributed by atoms with Gasteiger partial charge in [-0.1, -0.05) is 30.0 Å². The van der Waals surface area contributed by atoms with Crippen molar-refractivity contribution < 1.29 is 38.8 Å². The van der Waals surface area contributed by atoms with Crippen LogP contribution < -0.4 is 14.9 Å². The van der Waals surface area contributed by atoms with Gasteiger partial charge in [-0.05, 0) is 43.0 Å². The highest BCUT2D eigenvalue weighted by molar-refractivity contribution is 7.98. The topological polar surface area (TPSA) is 153 Å². The van der Waals surface area contributed by atoms with Gasteiger partial charge in [-0.25, -0.2) is 9.36 Å². The minimum atomic E-state index is -1.15. The lowest BCUT2D eigenvalue weighted by molar-refractivity contribution is -0.721. The van der Waals surface area contributed by atoms with Crippen molar-refractivity contribution in [3.05, 3.63) is 82.5 Å². The molecule has 13 heteroatoms. The Hall–Kier alpha value is -4.20. The van der Waals surface area contributed by atoms with Crippen LogP contribution in [0.15, 0.2) is 66.0 Å². The standard InChI is InChI=1S/C30H29N5O6S2/c1-15-22(25(30(40)41)35-24(15)23(16(2)36)27(35)39)21-13-34-14-33(28(42-3)29(34)43-21)11-18-7-17(8-20(37)9-18)10-32-6-4-5-19(12-32)26(31)38/h4-9,12-16,23-24,36H,10-11H2,1-3H3,(H2-2,31,37,38,40,41)/p+2/t15-,16+,23+,24-/m0/s1. The average Bonchev–Trinajstić information content (AvgIpc) is 3.55. The molecular formula is C30H31N5O6S2+2. The van der Waals surface area contributed by atoms with Crippen molar-refractivity contribution in [2.45, 2.75) is 44.1 Å². The van der Waals surface area contributed by atoms with Gasteiger partial charge in [0, 0.05) is 23.1 Å². The SMILES string of the molecule is CSc1c2sc(C3=C(C(=O)O)N4C(=O)[C@H]([C@@H](C)O)[C@@H]4[C@H]3C)cn2c[n+]1Cc1cc(O)cc(C[n+]2cccc(C(N)=O)c2)c1. The van der Waals surface area contributed by atoms with Crippen molar-refractivity contribution in [1.82, 2.24) is 9.30 Å². The lowest BCUT2D eigenvalue weighted by Crippen LogP contribution is -2.63. The summed E-state index contributed by atoms with van der Waals surface area (Å²) < 4.78 is 5.87. The zero-order valence-corrected chi connectivity index (χ0v) is 25.3. The molecule has 222 valence electrons. The van der Waals surface area contributed by atoms with Crippen molar-refractivity contribution in [2.75, 3.05) is 6.26 Å². The Morgan fingerprint density at radius 3 is 2.58 bits per heavy atom. The number of phenols is 1. The molecular weight excluding hydrogens is 590 g/mol. The number of carboxylic acid groups (broad SMARTS) is 1. The highest BCUT2D eigenvalue weighted by Gasteiger charge is 2.60. The van der Waals surface area contributed by atoms with Gasteiger partial charge >= 0.3 is 5.97 Å². The Balaban J connectivity index is 1.31. The third-order valence-corrected chi connectivity index (χ3v) is 10.2. The zero-order chi connectivity index (χ0) is 30.7. The van der Waals surface area contributed by atoms with Gasteiger partial charge in [-0.3, -0.25) is 9.59 Å². The van der Waals surface area contributed by atoms with Crippen LogP contribution in [0.1, 0.15) is 40.2 Å². The summed E-state index contributed by atoms with van der Waals surface area (Å²) in [4.78, 5) is 39.7. The summed E-state index contributed by atoms with van der Waals surface area (Å²) >= 11 is 3.03. The first kappa shape index (κ1) is 28.9. The number of aliphatic hydroxyl groups is 1. The Kier molecular flexibility index (Phi) is 7.27. The Morgan fingerprint density at radius 1 is 1.21 bits per heavy atom. The number of aliphatic hydroxyl groups excluding tert-OH is 1. The van der Waals surface area contributed by atoms with Gasteiger partial charge in [-0.15, -0.1) is 0 Å². The van der Waals surface area contributed by atoms with E-state index in [1.807, 2.05) is 46.9 Å². The molecule has 0 bridgehead atoms. The lowest BCUT2D eigenvalue weighted by atomic mass is 9.77. The number of carboxylic acids is 1. The first-order valence-electron chi connectivity index (χ1n) is 13.7. The summed E-state index contributed by atoms with van der Waals surface area (Å²) in [5, 5.41) is 31.7. The third kappa shape index (κ3) is 4.86. The first-order chi connectivity index (χ1) is 20.5. The molecule has 4 atom stereocenters. The van der Waals surface area contributed by atoms with Crippen LogP contribution in [-0.2, 0) is 22.7 Å². The molecule has 0 unspecified atom stereocenters. The van der Waals surface area contributed by atoms with E-state index in [1.165, 1.54) is 16.2 Å². The number of thioether (sulfide) groups is 1. The van der Waals surface area contributed by atoms with Gasteiger partial charge in [0.2, 0.25) is 15.8 Å². The van der Waals surface area contributed by atoms with Crippen LogP contribution >= 0.6 is 23.1 Å². The normalized spacial score (nSPS) is 20.4. The maximum Gasteiger partial charge on any atom is 0.352 e. The number of β-lactam (4-membered cyclic amide) rings is 1. The monoisotopic (exact) mass is 621 g/mol. The molecule has 11 nitrogen and oxygen atoms in total. The molecule has 2 aliphatic rings. The molecule has 5 heterocycles. The molecule has 6 rings (SSSR count). The number of phenolic OH excluding ortho intramolecular Hbond substituents is 1. The number of pyridine rings is 1. The Morgan fingerprint density at radius 2 is 1.93 bits per heavy atom. The van der Waals surface area contributed by atoms with Gasteiger partial charge in [0.1, 0.15) is 29.8 Å². The van der Waals surface area contributed by atoms with Gasteiger partial charge in [0.15, 0.2) is 18.9 Å². The number of aromatic hydroxyl groups is 1. The molecule has 3 aromatic heterocycles. The Bertz CT molecular complexity index is 1840. The second-order valence-electron chi connectivity index (χ2n) is 11.0. The smallest absolute Gasteiger partial charge is 0.352 e. The number of amides is 2. The quantitative estimate of drug-likeness (QED) is 0.126. The number of hydrogen-bond acceptors (Lipinski definition) is 7. The predicted octanol–water partition coefficient (Wildman–Crippen LogP) is 1.85. The molecule has 5 N–H and O–H groups in total. The molecule has 1 aromatic carbocycles. The number of nitrogens with two attached hydrogens (primary N) is 1. The largest absolute Gasteiger partial charge is 0.508 e. The minimum Gasteiger partial charge on any atom is -0.508 e. The number of aromatic nitrogens is 3. The van der Waals surface area contributed by atoms with Gasteiger partial charge in [-0.2, -0.15) is 8.97 Å². The highest BCUT2D eigenvalue weighted by Crippen LogP contribution is 2.51. The van der Waals surface area contributed by atoms with Crippen LogP contribution in [0.25, 0.3) is 10.4 Å². The molecule has 2 amide bonds. The number of thiazole rings is 1. The zero-order valence-electron chi connectivity index (χ0n) is 23.7. The second kappa shape index (κ2) is 10.8. The van der Waals surface area contributed by atoms with Crippen LogP contribution in [0.4, 0.5) is 0 Å². The molecule has 4 aromatic rings. The van der Waals surface area contributed by atoms with E-state index in [0.29, 0.717) is 24.2 Å². The van der Waals surface area contributed by atoms with E-state index in [1.54, 1.807) is 49.1 Å². The molecule has 0 spiro atoms. The number of hydrogen-bond donors (Lipinski definition) is 4. The number of fused-ring (bicyclic) bond motifs is 2. The van der Waals surface area contributed by atoms with Crippen molar-refractivity contribution >= 4 is 51.3 Å². The molecule has 1 fully saturated rings. The number of imidazole rings is 1. The van der Waals surface area contributed by atoms with Gasteiger partial charge in [0.25, 0.3) is 12.2 Å². The molecule has 1 saturated heterocycles. The van der Waals surface area contributed by atoms with E-state index in [9.17, 15) is 29.7 Å². The second-order valence-corrected chi connectivity index (χ2v) is 12.8. The van der Waals surface area contributed by atoms with E-state index in [-0.39, 0.29) is 29.3 Å². The van der Waals surface area contributed by atoms with Crippen LogP contribution in [0, 0.1) is 11.8 Å². The Labute approximate surface area is 255 Å². The lowest BCUT2D eigenvalue weighted by Gasteiger charge is -2.46. The van der Waals surface area contributed by atoms with Crippen LogP contribution in [-0.4, -0.2) is 60.8 Å². The maximum atomic E-state index is 12.8. The molecule has 43 heavy (non-hydrogen) atoms. The summed E-state index contributed by atoms with van der Waals surface area (Å²) in [6.07, 6.45) is 8.45. The van der Waals surface area contributed by atoms with Crippen molar-refractivity contribution in [3.63, 3.8) is 0 Å². The summed E-state index contributed by atoms with van der Waals surface area (Å²) in [5.41, 5.74) is 8.15. The van der Waals surface area contributed by atoms with Crippen molar-refractivity contribution in [3.8, 4) is 5.75 Å². The highest BCUT2D eigenvalue weighted by atomic mass is 32.2. The van der Waals surface area contributed by atoms with Crippen LogP contribution in [0.2, 0.25) is 0 Å². The maximum absolute atomic E-state index is 12.8. The van der Waals surface area contributed by atoms with Gasteiger partial charge in [0.05, 0.1) is 22.9 Å². The fourth-order valence-corrected chi connectivity index (χ4v) is 8.55. The number of primary amides is 1. The van der Waals surface area contributed by atoms with E-state index in [0.717, 1.165) is 25.9 Å². The summed E-state index contributed by atoms with van der Waals surface area (Å²) in [5.74, 6) is -2.75. The van der Waals surface area contributed by atoms with E-state index in [4.69, 9.17) is 5.73 Å². The minimum absolute atomic E-state index is 0.00555. The number of aliphatic carboxylic acids is 1. The number of carbonyl (C=O) groups is 3. The van der Waals surface area contributed by atoms with E-state index in [2.05, 4.69) is 4.57 Å². The number of carbonyl (C=O) groups excluding carboxylic acids is 2. The van der Waals surface area contributed by atoms with Crippen LogP contribution in [0.3, 0.4) is 0 Å². The summed E-state index contributed by atoms with van der Waals surface area (Å²) in [6, 6.07) is 8.42. The van der Waals surface area contributed by atoms with Crippen LogP contribution in [0.5, 0.6) is 5.75 Å². The summed E-state index contributed by atoms with van der Waals surface area (Å²) in [6.45, 7) is 4.40. The van der Waals surface area contributed by atoms with E-state index < -0.39 is 23.9 Å². The third-order valence-electron chi connectivity index (χ3n) is 8.14. The van der Waals surface area contributed by atoms with Crippen molar-refractivity contribution in [2.24, 2.45) is 17.6 Å². The molecule has 0 saturated carbocycles. The first-order valence-corrected chi connectivity index (χ1v) is 15.7. The summed E-state index contributed by atoms with van der Waals surface area (Å²) in [7, 11) is 0. The van der Waals surface area contributed by atoms with Gasteiger partial charge < -0.3 is 26.0 Å². The number of rotatable bonds is 9. The average molecular weight is 622 g/mol. The fourth-order valence-electron chi connectivity index (χ4n) is 6.37. The molecule has 2 aliphatic heterocycles. The predicted molar refractivity (Wildman–Crippen MR) is 158 cm³/mol.